The average Bonchev–Trinajstić information content (AvgIpc) is 2.72. The van der Waals surface area contributed by atoms with Crippen LogP contribution in [-0.2, 0) is 6.54 Å². The molecular formula is C14H26N4. The van der Waals surface area contributed by atoms with Crippen LogP contribution in [0.5, 0.6) is 0 Å². The summed E-state index contributed by atoms with van der Waals surface area (Å²) in [6, 6.07) is 2.33. The standard InChI is InChI=1S/C14H26N4/c1-2-18-14(9-10-16-18)13(17-15)11-12-7-5-3-4-6-8-12/h9-10,12-13,17H,2-8,11,15H2,1H3. The van der Waals surface area contributed by atoms with Crippen LogP contribution in [0.4, 0.5) is 0 Å². The Morgan fingerprint density at radius 3 is 2.72 bits per heavy atom. The summed E-state index contributed by atoms with van der Waals surface area (Å²) in [5, 5.41) is 4.34. The van der Waals surface area contributed by atoms with Crippen LogP contribution in [0, 0.1) is 5.92 Å². The van der Waals surface area contributed by atoms with Crippen LogP contribution in [0.1, 0.15) is 63.6 Å². The molecule has 2 rings (SSSR count). The lowest BCUT2D eigenvalue weighted by Crippen LogP contribution is -2.31. The van der Waals surface area contributed by atoms with Crippen molar-refractivity contribution >= 4 is 0 Å². The topological polar surface area (TPSA) is 55.9 Å². The number of aryl methyl sites for hydroxylation is 1. The Labute approximate surface area is 110 Å². The molecule has 1 fully saturated rings. The highest BCUT2D eigenvalue weighted by Crippen LogP contribution is 2.30. The third-order valence-electron chi connectivity index (χ3n) is 4.15. The fraction of sp³-hybridized carbons (Fsp3) is 0.786. The van der Waals surface area contributed by atoms with Gasteiger partial charge in [0.1, 0.15) is 0 Å². The predicted octanol–water partition coefficient (Wildman–Crippen LogP) is 2.77. The van der Waals surface area contributed by atoms with Gasteiger partial charge in [0.25, 0.3) is 0 Å². The Morgan fingerprint density at radius 1 is 1.39 bits per heavy atom. The molecule has 0 bridgehead atoms. The molecule has 1 aromatic rings. The molecule has 0 aliphatic heterocycles. The van der Waals surface area contributed by atoms with E-state index in [2.05, 4.69) is 23.5 Å². The summed E-state index contributed by atoms with van der Waals surface area (Å²) < 4.78 is 2.04. The molecule has 1 aromatic heterocycles. The minimum Gasteiger partial charge on any atom is -0.271 e. The fourth-order valence-electron chi connectivity index (χ4n) is 3.11. The summed E-state index contributed by atoms with van der Waals surface area (Å²) in [7, 11) is 0. The van der Waals surface area contributed by atoms with Crippen molar-refractivity contribution in [3.05, 3.63) is 18.0 Å². The van der Waals surface area contributed by atoms with Crippen molar-refractivity contribution in [2.24, 2.45) is 11.8 Å². The molecule has 0 saturated heterocycles. The van der Waals surface area contributed by atoms with Crippen molar-refractivity contribution in [2.45, 2.75) is 64.5 Å². The first kappa shape index (κ1) is 13.6. The molecular weight excluding hydrogens is 224 g/mol. The Kier molecular flexibility index (Phi) is 5.20. The van der Waals surface area contributed by atoms with Crippen molar-refractivity contribution in [3.63, 3.8) is 0 Å². The van der Waals surface area contributed by atoms with Gasteiger partial charge in [0.15, 0.2) is 0 Å². The maximum Gasteiger partial charge on any atom is 0.0631 e. The second kappa shape index (κ2) is 6.90. The second-order valence-electron chi connectivity index (χ2n) is 5.38. The molecule has 18 heavy (non-hydrogen) atoms. The van der Waals surface area contributed by atoms with E-state index in [-0.39, 0.29) is 6.04 Å². The van der Waals surface area contributed by atoms with Gasteiger partial charge in [0.05, 0.1) is 11.7 Å². The van der Waals surface area contributed by atoms with Crippen molar-refractivity contribution < 1.29 is 0 Å². The molecule has 3 N–H and O–H groups in total. The van der Waals surface area contributed by atoms with Gasteiger partial charge >= 0.3 is 0 Å². The Balaban J connectivity index is 1.99. The number of nitrogens with one attached hydrogen (secondary N) is 1. The number of hydrogen-bond donors (Lipinski definition) is 2. The normalized spacial score (nSPS) is 19.7. The van der Waals surface area contributed by atoms with E-state index in [1.165, 1.54) is 44.2 Å². The summed E-state index contributed by atoms with van der Waals surface area (Å²) in [4.78, 5) is 0. The Bertz CT molecular complexity index is 339. The zero-order chi connectivity index (χ0) is 12.8. The smallest absolute Gasteiger partial charge is 0.0631 e. The first-order valence-corrected chi connectivity index (χ1v) is 7.33. The third-order valence-corrected chi connectivity index (χ3v) is 4.15. The zero-order valence-electron chi connectivity index (χ0n) is 11.4. The number of hydrazine groups is 1. The minimum absolute atomic E-state index is 0.246. The number of aromatic nitrogens is 2. The van der Waals surface area contributed by atoms with Gasteiger partial charge < -0.3 is 0 Å². The maximum absolute atomic E-state index is 5.75. The van der Waals surface area contributed by atoms with Crippen molar-refractivity contribution in [1.29, 1.82) is 0 Å². The first-order valence-electron chi connectivity index (χ1n) is 7.33. The number of hydrogen-bond acceptors (Lipinski definition) is 3. The lowest BCUT2D eigenvalue weighted by atomic mass is 9.91. The quantitative estimate of drug-likeness (QED) is 0.480. The maximum atomic E-state index is 5.75. The van der Waals surface area contributed by atoms with E-state index in [0.29, 0.717) is 0 Å². The van der Waals surface area contributed by atoms with Crippen LogP contribution in [0.25, 0.3) is 0 Å². The number of rotatable bonds is 5. The van der Waals surface area contributed by atoms with Crippen LogP contribution in [-0.4, -0.2) is 9.78 Å². The lowest BCUT2D eigenvalue weighted by Gasteiger charge is -2.22. The van der Waals surface area contributed by atoms with Gasteiger partial charge in [-0.15, -0.1) is 0 Å². The molecule has 1 saturated carbocycles. The van der Waals surface area contributed by atoms with Gasteiger partial charge in [-0.3, -0.25) is 16.0 Å². The first-order chi connectivity index (χ1) is 8.85. The second-order valence-corrected chi connectivity index (χ2v) is 5.38. The predicted molar refractivity (Wildman–Crippen MR) is 73.8 cm³/mol. The van der Waals surface area contributed by atoms with Crippen LogP contribution in [0.15, 0.2) is 12.3 Å². The van der Waals surface area contributed by atoms with Gasteiger partial charge in [0.2, 0.25) is 0 Å². The van der Waals surface area contributed by atoms with Crippen LogP contribution in [0.3, 0.4) is 0 Å². The van der Waals surface area contributed by atoms with E-state index >= 15 is 0 Å². The summed E-state index contributed by atoms with van der Waals surface area (Å²) in [5.74, 6) is 6.57. The molecule has 1 heterocycles. The monoisotopic (exact) mass is 250 g/mol. The van der Waals surface area contributed by atoms with Gasteiger partial charge in [-0.2, -0.15) is 5.10 Å². The molecule has 1 aliphatic rings. The van der Waals surface area contributed by atoms with E-state index in [1.54, 1.807) is 0 Å². The highest BCUT2D eigenvalue weighted by Gasteiger charge is 2.20. The van der Waals surface area contributed by atoms with Gasteiger partial charge in [-0.1, -0.05) is 38.5 Å². The van der Waals surface area contributed by atoms with E-state index in [9.17, 15) is 0 Å². The van der Waals surface area contributed by atoms with Crippen LogP contribution in [0.2, 0.25) is 0 Å². The SMILES string of the molecule is CCn1nccc1C(CC1CCCCCC1)NN. The van der Waals surface area contributed by atoms with Crippen molar-refractivity contribution in [1.82, 2.24) is 15.2 Å². The molecule has 0 spiro atoms. The highest BCUT2D eigenvalue weighted by atomic mass is 15.3. The summed E-state index contributed by atoms with van der Waals surface area (Å²) in [5.41, 5.74) is 4.21. The highest BCUT2D eigenvalue weighted by molar-refractivity contribution is 5.07. The number of nitrogens with zero attached hydrogens (tertiary/aromatic N) is 2. The molecule has 1 aliphatic carbocycles. The van der Waals surface area contributed by atoms with Crippen LogP contribution < -0.4 is 11.3 Å². The largest absolute Gasteiger partial charge is 0.271 e. The Morgan fingerprint density at radius 2 is 2.11 bits per heavy atom. The molecule has 102 valence electrons. The van der Waals surface area contributed by atoms with Crippen molar-refractivity contribution in [2.75, 3.05) is 0 Å². The van der Waals surface area contributed by atoms with E-state index in [0.717, 1.165) is 18.9 Å². The van der Waals surface area contributed by atoms with Gasteiger partial charge in [0, 0.05) is 12.7 Å². The minimum atomic E-state index is 0.246. The van der Waals surface area contributed by atoms with Gasteiger partial charge in [-0.05, 0) is 25.3 Å². The summed E-state index contributed by atoms with van der Waals surface area (Å²) in [6.45, 7) is 3.03. The Hall–Kier alpha value is -0.870. The summed E-state index contributed by atoms with van der Waals surface area (Å²) in [6.07, 6.45) is 11.3. The van der Waals surface area contributed by atoms with Gasteiger partial charge in [-0.25, -0.2) is 0 Å². The van der Waals surface area contributed by atoms with E-state index < -0.39 is 0 Å². The van der Waals surface area contributed by atoms with Crippen molar-refractivity contribution in [3.8, 4) is 0 Å². The molecule has 4 heteroatoms. The summed E-state index contributed by atoms with van der Waals surface area (Å²) >= 11 is 0. The molecule has 0 amide bonds. The van der Waals surface area contributed by atoms with E-state index in [1.807, 2.05) is 10.9 Å². The zero-order valence-corrected chi connectivity index (χ0v) is 11.4. The lowest BCUT2D eigenvalue weighted by molar-refractivity contribution is 0.346. The molecule has 4 nitrogen and oxygen atoms in total. The third kappa shape index (κ3) is 3.33. The van der Waals surface area contributed by atoms with Crippen LogP contribution >= 0.6 is 0 Å². The van der Waals surface area contributed by atoms with E-state index in [4.69, 9.17) is 5.84 Å². The fourth-order valence-corrected chi connectivity index (χ4v) is 3.11. The average molecular weight is 250 g/mol. The molecule has 0 aromatic carbocycles. The molecule has 1 unspecified atom stereocenters. The number of nitrogens with two attached hydrogens (primary N) is 1. The molecule has 0 radical (unpaired) electrons. The molecule has 1 atom stereocenters.